The Hall–Kier alpha value is -3.33. The largest absolute Gasteiger partial charge is 0.324 e. The Kier molecular flexibility index (Phi) is 6.75. The van der Waals surface area contributed by atoms with Crippen LogP contribution in [0, 0.1) is 5.82 Å². The van der Waals surface area contributed by atoms with Crippen molar-refractivity contribution in [1.29, 1.82) is 0 Å². The van der Waals surface area contributed by atoms with E-state index >= 15 is 0 Å². The Morgan fingerprint density at radius 2 is 1.75 bits per heavy atom. The summed E-state index contributed by atoms with van der Waals surface area (Å²) < 4.78 is 13.0. The second kappa shape index (κ2) is 9.86. The lowest BCUT2D eigenvalue weighted by Gasteiger charge is -2.31. The molecule has 1 saturated heterocycles. The molecule has 32 heavy (non-hydrogen) atoms. The minimum Gasteiger partial charge on any atom is -0.324 e. The first-order chi connectivity index (χ1) is 15.5. The van der Waals surface area contributed by atoms with E-state index < -0.39 is 0 Å². The Balaban J connectivity index is 1.36. The van der Waals surface area contributed by atoms with Gasteiger partial charge in [0, 0.05) is 30.4 Å². The fraction of sp³-hybridized carbons (Fsp3) is 0.304. The minimum absolute atomic E-state index is 0.0295. The minimum atomic E-state index is -0.388. The number of carbonyl (C=O) groups is 2. The predicted octanol–water partition coefficient (Wildman–Crippen LogP) is 4.90. The number of hydrogen-bond acceptors (Lipinski definition) is 5. The number of likely N-dealkylation sites (tertiary alicyclic amines) is 1. The average Bonchev–Trinajstić information content (AvgIpc) is 3.32. The molecule has 0 bridgehead atoms. The van der Waals surface area contributed by atoms with E-state index in [-0.39, 0.29) is 28.7 Å². The SMILES string of the molecule is CCc1ccc(NC(=O)N2CCCC(c3nnc(C(=O)Nc4ccc(F)cc4)s3)C2)cc1. The molecule has 0 spiro atoms. The number of urea groups is 1. The molecule has 2 aromatic carbocycles. The summed E-state index contributed by atoms with van der Waals surface area (Å²) in [6.07, 6.45) is 2.68. The highest BCUT2D eigenvalue weighted by molar-refractivity contribution is 7.13. The Labute approximate surface area is 189 Å². The molecule has 3 aromatic rings. The van der Waals surface area contributed by atoms with Gasteiger partial charge in [-0.05, 0) is 61.2 Å². The number of nitrogens with zero attached hydrogens (tertiary/aromatic N) is 3. The van der Waals surface area contributed by atoms with E-state index in [1.807, 2.05) is 24.3 Å². The highest BCUT2D eigenvalue weighted by Crippen LogP contribution is 2.29. The van der Waals surface area contributed by atoms with Gasteiger partial charge in [-0.25, -0.2) is 9.18 Å². The van der Waals surface area contributed by atoms with Crippen LogP contribution in [0.15, 0.2) is 48.5 Å². The molecule has 2 heterocycles. The van der Waals surface area contributed by atoms with Crippen molar-refractivity contribution in [1.82, 2.24) is 15.1 Å². The van der Waals surface area contributed by atoms with Crippen LogP contribution in [-0.2, 0) is 6.42 Å². The number of rotatable bonds is 5. The van der Waals surface area contributed by atoms with Crippen molar-refractivity contribution in [2.24, 2.45) is 0 Å². The number of nitrogens with one attached hydrogen (secondary N) is 2. The molecule has 1 fully saturated rings. The second-order valence-corrected chi connectivity index (χ2v) is 8.68. The van der Waals surface area contributed by atoms with Crippen molar-refractivity contribution < 1.29 is 14.0 Å². The summed E-state index contributed by atoms with van der Waals surface area (Å²) in [6.45, 7) is 3.28. The number of piperidine rings is 1. The first-order valence-corrected chi connectivity index (χ1v) is 11.4. The highest BCUT2D eigenvalue weighted by Gasteiger charge is 2.28. The zero-order chi connectivity index (χ0) is 22.5. The van der Waals surface area contributed by atoms with Gasteiger partial charge in [0.25, 0.3) is 5.91 Å². The van der Waals surface area contributed by atoms with Crippen molar-refractivity contribution in [2.75, 3.05) is 23.7 Å². The lowest BCUT2D eigenvalue weighted by atomic mass is 9.99. The first kappa shape index (κ1) is 21.9. The predicted molar refractivity (Wildman–Crippen MR) is 123 cm³/mol. The van der Waals surface area contributed by atoms with E-state index in [1.54, 1.807) is 4.90 Å². The lowest BCUT2D eigenvalue weighted by Crippen LogP contribution is -2.41. The third-order valence-electron chi connectivity index (χ3n) is 5.41. The Morgan fingerprint density at radius 1 is 1.06 bits per heavy atom. The summed E-state index contributed by atoms with van der Waals surface area (Å²) in [5.41, 5.74) is 2.47. The highest BCUT2D eigenvalue weighted by atomic mass is 32.1. The summed E-state index contributed by atoms with van der Waals surface area (Å²) in [4.78, 5) is 27.0. The molecule has 0 radical (unpaired) electrons. The van der Waals surface area contributed by atoms with E-state index in [1.165, 1.54) is 41.2 Å². The fourth-order valence-corrected chi connectivity index (χ4v) is 4.46. The van der Waals surface area contributed by atoms with Crippen LogP contribution >= 0.6 is 11.3 Å². The van der Waals surface area contributed by atoms with Gasteiger partial charge in [-0.1, -0.05) is 30.4 Å². The molecule has 2 N–H and O–H groups in total. The van der Waals surface area contributed by atoms with Gasteiger partial charge in [-0.15, -0.1) is 10.2 Å². The van der Waals surface area contributed by atoms with Crippen LogP contribution in [0.3, 0.4) is 0 Å². The molecule has 9 heteroatoms. The number of aromatic nitrogens is 2. The summed E-state index contributed by atoms with van der Waals surface area (Å²) in [5.74, 6) is -0.729. The average molecular weight is 454 g/mol. The summed E-state index contributed by atoms with van der Waals surface area (Å²) in [6, 6.07) is 13.2. The number of benzene rings is 2. The molecular formula is C23H24FN5O2S. The van der Waals surface area contributed by atoms with Crippen molar-refractivity contribution >= 4 is 34.6 Å². The number of carbonyl (C=O) groups excluding carboxylic acids is 2. The maximum absolute atomic E-state index is 13.0. The molecule has 4 rings (SSSR count). The molecule has 0 aliphatic carbocycles. The third-order valence-corrected chi connectivity index (χ3v) is 6.49. The summed E-state index contributed by atoms with van der Waals surface area (Å²) in [7, 11) is 0. The monoisotopic (exact) mass is 453 g/mol. The molecule has 1 aliphatic rings. The van der Waals surface area contributed by atoms with Crippen LogP contribution in [0.2, 0.25) is 0 Å². The molecule has 1 atom stereocenters. The molecule has 1 aliphatic heterocycles. The van der Waals surface area contributed by atoms with Gasteiger partial charge in [0.05, 0.1) is 0 Å². The quantitative estimate of drug-likeness (QED) is 0.575. The van der Waals surface area contributed by atoms with E-state index in [9.17, 15) is 14.0 Å². The second-order valence-electron chi connectivity index (χ2n) is 7.67. The van der Waals surface area contributed by atoms with Gasteiger partial charge in [0.15, 0.2) is 0 Å². The standard InChI is InChI=1S/C23H24FN5O2S/c1-2-15-5-9-19(10-6-15)26-23(31)29-13-3-4-16(14-29)21-27-28-22(32-21)20(30)25-18-11-7-17(24)8-12-18/h5-12,16H,2-4,13-14H2,1H3,(H,25,30)(H,26,31). The number of hydrogen-bond donors (Lipinski definition) is 2. The Bertz CT molecular complexity index is 1080. The molecule has 1 unspecified atom stereocenters. The fourth-order valence-electron chi connectivity index (χ4n) is 3.60. The zero-order valence-electron chi connectivity index (χ0n) is 17.7. The number of aryl methyl sites for hydroxylation is 1. The topological polar surface area (TPSA) is 87.2 Å². The van der Waals surface area contributed by atoms with Crippen LogP contribution in [0.4, 0.5) is 20.6 Å². The van der Waals surface area contributed by atoms with Gasteiger partial charge < -0.3 is 15.5 Å². The van der Waals surface area contributed by atoms with Crippen LogP contribution in [0.5, 0.6) is 0 Å². The lowest BCUT2D eigenvalue weighted by molar-refractivity contribution is 0.102. The van der Waals surface area contributed by atoms with Gasteiger partial charge in [-0.2, -0.15) is 0 Å². The molecular weight excluding hydrogens is 429 g/mol. The van der Waals surface area contributed by atoms with Gasteiger partial charge >= 0.3 is 6.03 Å². The third kappa shape index (κ3) is 5.28. The van der Waals surface area contributed by atoms with E-state index in [0.717, 1.165) is 30.0 Å². The van der Waals surface area contributed by atoms with Crippen molar-refractivity contribution in [3.63, 3.8) is 0 Å². The van der Waals surface area contributed by atoms with Crippen LogP contribution in [-0.4, -0.2) is 40.1 Å². The number of halogens is 1. The summed E-state index contributed by atoms with van der Waals surface area (Å²) >= 11 is 1.23. The normalized spacial score (nSPS) is 15.9. The van der Waals surface area contributed by atoms with Gasteiger partial charge in [0.1, 0.15) is 10.8 Å². The number of anilines is 2. The molecule has 7 nitrogen and oxygen atoms in total. The molecule has 0 saturated carbocycles. The van der Waals surface area contributed by atoms with E-state index in [4.69, 9.17) is 0 Å². The summed E-state index contributed by atoms with van der Waals surface area (Å²) in [5, 5.41) is 14.8. The maximum Gasteiger partial charge on any atom is 0.321 e. The van der Waals surface area contributed by atoms with E-state index in [2.05, 4.69) is 27.8 Å². The van der Waals surface area contributed by atoms with Crippen molar-refractivity contribution in [3.8, 4) is 0 Å². The van der Waals surface area contributed by atoms with Crippen molar-refractivity contribution in [3.05, 3.63) is 69.9 Å². The molecule has 1 aromatic heterocycles. The zero-order valence-corrected chi connectivity index (χ0v) is 18.5. The molecule has 3 amide bonds. The first-order valence-electron chi connectivity index (χ1n) is 10.6. The van der Waals surface area contributed by atoms with Crippen molar-refractivity contribution in [2.45, 2.75) is 32.1 Å². The van der Waals surface area contributed by atoms with Crippen LogP contribution in [0.1, 0.15) is 46.1 Å². The van der Waals surface area contributed by atoms with Crippen LogP contribution in [0.25, 0.3) is 0 Å². The Morgan fingerprint density at radius 3 is 2.47 bits per heavy atom. The maximum atomic E-state index is 13.0. The number of amides is 3. The molecule has 166 valence electrons. The van der Waals surface area contributed by atoms with E-state index in [0.29, 0.717) is 18.8 Å². The van der Waals surface area contributed by atoms with Gasteiger partial charge in [-0.3, -0.25) is 4.79 Å². The smallest absolute Gasteiger partial charge is 0.321 e. The van der Waals surface area contributed by atoms with Crippen LogP contribution < -0.4 is 10.6 Å². The van der Waals surface area contributed by atoms with Gasteiger partial charge in [0.2, 0.25) is 5.01 Å².